The van der Waals surface area contributed by atoms with Gasteiger partial charge in [-0.1, -0.05) is 17.7 Å². The molecule has 0 aliphatic heterocycles. The van der Waals surface area contributed by atoms with Crippen LogP contribution < -0.4 is 4.74 Å². The van der Waals surface area contributed by atoms with Crippen LogP contribution >= 0.6 is 22.9 Å². The molecule has 0 amide bonds. The number of fused-ring (bicyclic) bond motifs is 1. The average Bonchev–Trinajstić information content (AvgIpc) is 3.16. The summed E-state index contributed by atoms with van der Waals surface area (Å²) in [4.78, 5) is 10.2. The van der Waals surface area contributed by atoms with E-state index >= 15 is 0 Å². The Kier molecular flexibility index (Phi) is 3.28. The summed E-state index contributed by atoms with van der Waals surface area (Å²) in [6, 6.07) is 10.2. The molecule has 21 heavy (non-hydrogen) atoms. The average molecular weight is 317 g/mol. The predicted octanol–water partition coefficient (Wildman–Crippen LogP) is 4.80. The molecule has 1 aromatic carbocycles. The third-order valence-electron chi connectivity index (χ3n) is 3.54. The molecule has 2 aromatic heterocycles. The molecule has 0 atom stereocenters. The Balaban J connectivity index is 1.83. The molecule has 0 unspecified atom stereocenters. The minimum absolute atomic E-state index is 0.458. The first-order valence-electron chi connectivity index (χ1n) is 6.93. The Morgan fingerprint density at radius 3 is 2.90 bits per heavy atom. The van der Waals surface area contributed by atoms with Crippen molar-refractivity contribution >= 4 is 33.8 Å². The minimum Gasteiger partial charge on any atom is -0.463 e. The first-order valence-corrected chi connectivity index (χ1v) is 8.19. The van der Waals surface area contributed by atoms with Crippen LogP contribution in [0, 0.1) is 5.92 Å². The van der Waals surface area contributed by atoms with Crippen molar-refractivity contribution < 1.29 is 4.74 Å². The highest BCUT2D eigenvalue weighted by atomic mass is 35.5. The van der Waals surface area contributed by atoms with E-state index in [1.165, 1.54) is 12.8 Å². The number of ether oxygens (including phenoxy) is 1. The number of halogens is 1. The summed E-state index contributed by atoms with van der Waals surface area (Å²) in [7, 11) is 0. The van der Waals surface area contributed by atoms with Crippen molar-refractivity contribution in [3.63, 3.8) is 0 Å². The van der Waals surface area contributed by atoms with Gasteiger partial charge in [-0.3, -0.25) is 0 Å². The second-order valence-electron chi connectivity index (χ2n) is 5.25. The van der Waals surface area contributed by atoms with Gasteiger partial charge in [0.15, 0.2) is 0 Å². The maximum Gasteiger partial charge on any atom is 0.317 e. The molecule has 4 rings (SSSR count). The van der Waals surface area contributed by atoms with Gasteiger partial charge >= 0.3 is 6.01 Å². The number of aromatic nitrogens is 2. The number of hydrogen-bond acceptors (Lipinski definition) is 4. The highest BCUT2D eigenvalue weighted by molar-refractivity contribution is 7.13. The second-order valence-corrected chi connectivity index (χ2v) is 6.63. The lowest BCUT2D eigenvalue weighted by Crippen LogP contribution is -2.03. The number of hydrogen-bond donors (Lipinski definition) is 0. The van der Waals surface area contributed by atoms with E-state index in [4.69, 9.17) is 16.3 Å². The molecule has 0 N–H and O–H groups in total. The summed E-state index contributed by atoms with van der Waals surface area (Å²) < 4.78 is 5.76. The standard InChI is InChI=1S/C16H13ClN2OS/c17-11-5-6-13-12(8-11)15(14-2-1-7-21-14)19-16(18-13)20-9-10-3-4-10/h1-2,5-8,10H,3-4,9H2. The lowest BCUT2D eigenvalue weighted by molar-refractivity contribution is 0.278. The van der Waals surface area contributed by atoms with Crippen LogP contribution in [0.5, 0.6) is 6.01 Å². The van der Waals surface area contributed by atoms with E-state index in [1.54, 1.807) is 11.3 Å². The van der Waals surface area contributed by atoms with Gasteiger partial charge in [0.25, 0.3) is 0 Å². The first-order chi connectivity index (χ1) is 10.3. The fourth-order valence-electron chi connectivity index (χ4n) is 2.22. The van der Waals surface area contributed by atoms with E-state index < -0.39 is 0 Å². The summed E-state index contributed by atoms with van der Waals surface area (Å²) in [5.41, 5.74) is 1.76. The number of nitrogens with zero attached hydrogens (tertiary/aromatic N) is 2. The van der Waals surface area contributed by atoms with Crippen molar-refractivity contribution in [3.05, 3.63) is 40.7 Å². The molecule has 0 saturated heterocycles. The molecule has 1 aliphatic carbocycles. The molecular weight excluding hydrogens is 304 g/mol. The summed E-state index contributed by atoms with van der Waals surface area (Å²) in [6.07, 6.45) is 2.50. The van der Waals surface area contributed by atoms with Gasteiger partial charge in [0, 0.05) is 10.4 Å². The van der Waals surface area contributed by atoms with Gasteiger partial charge in [0.1, 0.15) is 0 Å². The van der Waals surface area contributed by atoms with E-state index in [-0.39, 0.29) is 0 Å². The van der Waals surface area contributed by atoms with Crippen molar-refractivity contribution in [1.82, 2.24) is 9.97 Å². The Morgan fingerprint density at radius 1 is 1.24 bits per heavy atom. The molecule has 0 bridgehead atoms. The van der Waals surface area contributed by atoms with Crippen LogP contribution in [0.25, 0.3) is 21.5 Å². The molecule has 1 aliphatic rings. The Hall–Kier alpha value is -1.65. The van der Waals surface area contributed by atoms with Crippen molar-refractivity contribution in [2.24, 2.45) is 5.92 Å². The summed E-state index contributed by atoms with van der Waals surface area (Å²) in [5.74, 6) is 0.680. The van der Waals surface area contributed by atoms with Gasteiger partial charge in [0.05, 0.1) is 22.7 Å². The molecular formula is C16H13ClN2OS. The summed E-state index contributed by atoms with van der Waals surface area (Å²) >= 11 is 7.77. The van der Waals surface area contributed by atoms with Crippen molar-refractivity contribution in [3.8, 4) is 16.6 Å². The topological polar surface area (TPSA) is 35.0 Å². The monoisotopic (exact) mass is 316 g/mol. The van der Waals surface area contributed by atoms with Gasteiger partial charge in [-0.25, -0.2) is 0 Å². The molecule has 1 saturated carbocycles. The predicted molar refractivity (Wildman–Crippen MR) is 86.1 cm³/mol. The van der Waals surface area contributed by atoms with Gasteiger partial charge < -0.3 is 4.74 Å². The van der Waals surface area contributed by atoms with Crippen LogP contribution in [0.4, 0.5) is 0 Å². The van der Waals surface area contributed by atoms with Crippen LogP contribution in [0.2, 0.25) is 5.02 Å². The van der Waals surface area contributed by atoms with Crippen LogP contribution in [0.1, 0.15) is 12.8 Å². The van der Waals surface area contributed by atoms with Gasteiger partial charge in [0.2, 0.25) is 0 Å². The fraction of sp³-hybridized carbons (Fsp3) is 0.250. The van der Waals surface area contributed by atoms with E-state index in [2.05, 4.69) is 16.0 Å². The third kappa shape index (κ3) is 2.74. The third-order valence-corrected chi connectivity index (χ3v) is 4.65. The van der Waals surface area contributed by atoms with Crippen molar-refractivity contribution in [2.45, 2.75) is 12.8 Å². The fourth-order valence-corrected chi connectivity index (χ4v) is 3.12. The summed E-state index contributed by atoms with van der Waals surface area (Å²) in [6.45, 7) is 0.711. The normalized spacial score (nSPS) is 14.5. The largest absolute Gasteiger partial charge is 0.463 e. The van der Waals surface area contributed by atoms with E-state index in [1.807, 2.05) is 29.6 Å². The quantitative estimate of drug-likeness (QED) is 0.693. The number of benzene rings is 1. The SMILES string of the molecule is Clc1ccc2nc(OCC3CC3)nc(-c3cccs3)c2c1. The molecule has 0 spiro atoms. The molecule has 0 radical (unpaired) electrons. The van der Waals surface area contributed by atoms with Gasteiger partial charge in [-0.05, 0) is 48.4 Å². The van der Waals surface area contributed by atoms with Crippen LogP contribution in [0.15, 0.2) is 35.7 Å². The van der Waals surface area contributed by atoms with Crippen LogP contribution in [-0.4, -0.2) is 16.6 Å². The zero-order valence-electron chi connectivity index (χ0n) is 11.3. The molecule has 3 aromatic rings. The lowest BCUT2D eigenvalue weighted by atomic mass is 10.1. The highest BCUT2D eigenvalue weighted by Gasteiger charge is 2.23. The Morgan fingerprint density at radius 2 is 2.14 bits per heavy atom. The van der Waals surface area contributed by atoms with Gasteiger partial charge in [-0.15, -0.1) is 11.3 Å². The van der Waals surface area contributed by atoms with Crippen molar-refractivity contribution in [2.75, 3.05) is 6.61 Å². The molecule has 3 nitrogen and oxygen atoms in total. The Labute approximate surface area is 131 Å². The second kappa shape index (κ2) is 5.28. The number of thiophene rings is 1. The zero-order valence-corrected chi connectivity index (χ0v) is 12.8. The van der Waals surface area contributed by atoms with E-state index in [0.717, 1.165) is 21.5 Å². The first kappa shape index (κ1) is 13.0. The van der Waals surface area contributed by atoms with Crippen LogP contribution in [0.3, 0.4) is 0 Å². The Bertz CT molecular complexity index is 784. The smallest absolute Gasteiger partial charge is 0.317 e. The van der Waals surface area contributed by atoms with Crippen molar-refractivity contribution in [1.29, 1.82) is 0 Å². The lowest BCUT2D eigenvalue weighted by Gasteiger charge is -2.08. The molecule has 5 heteroatoms. The maximum atomic E-state index is 6.12. The van der Waals surface area contributed by atoms with Gasteiger partial charge in [-0.2, -0.15) is 9.97 Å². The minimum atomic E-state index is 0.458. The van der Waals surface area contributed by atoms with E-state index in [0.29, 0.717) is 23.6 Å². The summed E-state index contributed by atoms with van der Waals surface area (Å²) in [5, 5.41) is 3.69. The molecule has 1 fully saturated rings. The number of rotatable bonds is 4. The van der Waals surface area contributed by atoms with Crippen LogP contribution in [-0.2, 0) is 0 Å². The zero-order chi connectivity index (χ0) is 14.2. The maximum absolute atomic E-state index is 6.12. The van der Waals surface area contributed by atoms with E-state index in [9.17, 15) is 0 Å². The highest BCUT2D eigenvalue weighted by Crippen LogP contribution is 2.33. The molecule has 2 heterocycles. The molecule has 106 valence electrons.